The van der Waals surface area contributed by atoms with Gasteiger partial charge in [-0.2, -0.15) is 0 Å². The quantitative estimate of drug-likeness (QED) is 0.660. The second-order valence-electron chi connectivity index (χ2n) is 8.32. The van der Waals surface area contributed by atoms with Crippen LogP contribution in [0.4, 0.5) is 5.69 Å². The number of anilines is 1. The maximum atomic E-state index is 13.2. The van der Waals surface area contributed by atoms with Crippen LogP contribution < -0.4 is 10.2 Å². The molecular weight excluding hydrogens is 400 g/mol. The monoisotopic (exact) mass is 422 g/mol. The van der Waals surface area contributed by atoms with Gasteiger partial charge < -0.3 is 15.2 Å². The molecule has 2 fully saturated rings. The van der Waals surface area contributed by atoms with Crippen LogP contribution >= 0.6 is 11.6 Å². The van der Waals surface area contributed by atoms with Crippen molar-refractivity contribution in [3.63, 3.8) is 0 Å². The van der Waals surface area contributed by atoms with Crippen molar-refractivity contribution >= 4 is 40.1 Å². The first-order valence-electron chi connectivity index (χ1n) is 10.4. The number of rotatable bonds is 3. The third kappa shape index (κ3) is 3.25. The summed E-state index contributed by atoms with van der Waals surface area (Å²) >= 11 is 6.11. The lowest BCUT2D eigenvalue weighted by Gasteiger charge is -2.36. The molecule has 0 radical (unpaired) electrons. The number of hydrogen-bond donors (Lipinski definition) is 2. The number of aromatic amines is 1. The van der Waals surface area contributed by atoms with Crippen LogP contribution in [0.5, 0.6) is 0 Å². The van der Waals surface area contributed by atoms with Crippen molar-refractivity contribution in [3.8, 4) is 0 Å². The summed E-state index contributed by atoms with van der Waals surface area (Å²) in [5.74, 6) is 0.0783. The predicted octanol–water partition coefficient (Wildman–Crippen LogP) is 4.31. The van der Waals surface area contributed by atoms with Crippen molar-refractivity contribution in [2.75, 3.05) is 11.4 Å². The molecule has 0 unspecified atom stereocenters. The van der Waals surface area contributed by atoms with Crippen LogP contribution in [0.25, 0.3) is 11.0 Å². The van der Waals surface area contributed by atoms with Crippen LogP contribution in [-0.2, 0) is 4.79 Å². The van der Waals surface area contributed by atoms with E-state index in [0.29, 0.717) is 16.1 Å². The van der Waals surface area contributed by atoms with Gasteiger partial charge in [0.25, 0.3) is 5.91 Å². The van der Waals surface area contributed by atoms with E-state index in [-0.39, 0.29) is 23.3 Å². The Morgan fingerprint density at radius 1 is 1.20 bits per heavy atom. The Morgan fingerprint density at radius 2 is 2.03 bits per heavy atom. The molecule has 0 atom stereocenters. The number of amides is 2. The molecule has 1 aromatic carbocycles. The first-order valence-corrected chi connectivity index (χ1v) is 10.7. The molecule has 2 aromatic heterocycles. The molecule has 2 amide bonds. The van der Waals surface area contributed by atoms with Crippen LogP contribution in [0.1, 0.15) is 42.5 Å². The molecule has 2 aliphatic rings. The van der Waals surface area contributed by atoms with E-state index in [1.54, 1.807) is 12.4 Å². The molecule has 1 aliphatic carbocycles. The minimum Gasteiger partial charge on any atom is -0.359 e. The SMILES string of the molecule is O=C(NC1CCC2(CC1)CCN(c1cccc(Cl)c1)C2=O)c1c[nH]c2cccnc12. The molecule has 1 saturated carbocycles. The second-order valence-corrected chi connectivity index (χ2v) is 8.75. The molecule has 5 rings (SSSR count). The topological polar surface area (TPSA) is 78.1 Å². The Balaban J connectivity index is 1.24. The Kier molecular flexibility index (Phi) is 4.74. The molecule has 1 saturated heterocycles. The van der Waals surface area contributed by atoms with Gasteiger partial charge in [-0.25, -0.2) is 0 Å². The van der Waals surface area contributed by atoms with Crippen LogP contribution in [0.15, 0.2) is 48.8 Å². The molecule has 3 heterocycles. The highest BCUT2D eigenvalue weighted by molar-refractivity contribution is 6.31. The zero-order chi connectivity index (χ0) is 20.7. The van der Waals surface area contributed by atoms with Crippen molar-refractivity contribution in [3.05, 3.63) is 59.4 Å². The van der Waals surface area contributed by atoms with Gasteiger partial charge in [-0.05, 0) is 62.4 Å². The van der Waals surface area contributed by atoms with Gasteiger partial charge in [0.15, 0.2) is 0 Å². The van der Waals surface area contributed by atoms with Crippen LogP contribution in [0.3, 0.4) is 0 Å². The van der Waals surface area contributed by atoms with Gasteiger partial charge >= 0.3 is 0 Å². The zero-order valence-electron chi connectivity index (χ0n) is 16.5. The van der Waals surface area contributed by atoms with E-state index in [0.717, 1.165) is 49.9 Å². The maximum Gasteiger partial charge on any atom is 0.255 e. The summed E-state index contributed by atoms with van der Waals surface area (Å²) in [6.07, 6.45) is 7.44. The van der Waals surface area contributed by atoms with E-state index >= 15 is 0 Å². The molecule has 0 bridgehead atoms. The Hall–Kier alpha value is -2.86. The number of fused-ring (bicyclic) bond motifs is 1. The Morgan fingerprint density at radius 3 is 2.83 bits per heavy atom. The van der Waals surface area contributed by atoms with E-state index in [1.165, 1.54) is 0 Å². The number of carbonyl (C=O) groups excluding carboxylic acids is 2. The lowest BCUT2D eigenvalue weighted by molar-refractivity contribution is -0.127. The molecular formula is C23H23ClN4O2. The summed E-state index contributed by atoms with van der Waals surface area (Å²) in [5.41, 5.74) is 2.65. The zero-order valence-corrected chi connectivity index (χ0v) is 17.3. The molecule has 7 heteroatoms. The summed E-state index contributed by atoms with van der Waals surface area (Å²) < 4.78 is 0. The average Bonchev–Trinajstić information content (AvgIpc) is 3.32. The molecule has 1 aliphatic heterocycles. The summed E-state index contributed by atoms with van der Waals surface area (Å²) in [7, 11) is 0. The Labute approximate surface area is 179 Å². The van der Waals surface area contributed by atoms with Crippen molar-refractivity contribution in [1.82, 2.24) is 15.3 Å². The average molecular weight is 423 g/mol. The van der Waals surface area contributed by atoms with Gasteiger partial charge in [0.2, 0.25) is 5.91 Å². The molecule has 30 heavy (non-hydrogen) atoms. The fourth-order valence-corrected chi connectivity index (χ4v) is 5.06. The van der Waals surface area contributed by atoms with Gasteiger partial charge in [-0.15, -0.1) is 0 Å². The normalized spacial score (nSPS) is 24.0. The highest BCUT2D eigenvalue weighted by Crippen LogP contribution is 2.46. The second kappa shape index (κ2) is 7.43. The number of halogens is 1. The summed E-state index contributed by atoms with van der Waals surface area (Å²) in [4.78, 5) is 35.3. The standard InChI is InChI=1S/C23H23ClN4O2/c24-15-3-1-4-17(13-15)28-12-10-23(22(28)30)8-6-16(7-9-23)27-21(29)18-14-26-19-5-2-11-25-20(18)19/h1-5,11,13-14,16,26H,6-10,12H2,(H,27,29). The summed E-state index contributed by atoms with van der Waals surface area (Å²) in [6, 6.07) is 11.3. The fraction of sp³-hybridized carbons (Fsp3) is 0.348. The maximum absolute atomic E-state index is 13.2. The molecule has 2 N–H and O–H groups in total. The molecule has 6 nitrogen and oxygen atoms in total. The first-order chi connectivity index (χ1) is 14.6. The van der Waals surface area contributed by atoms with Crippen molar-refractivity contribution in [2.24, 2.45) is 5.41 Å². The first kappa shape index (κ1) is 19.1. The van der Waals surface area contributed by atoms with E-state index in [1.807, 2.05) is 41.3 Å². The van der Waals surface area contributed by atoms with Crippen molar-refractivity contribution in [2.45, 2.75) is 38.1 Å². The van der Waals surface area contributed by atoms with Crippen molar-refractivity contribution < 1.29 is 9.59 Å². The van der Waals surface area contributed by atoms with E-state index < -0.39 is 0 Å². The highest BCUT2D eigenvalue weighted by atomic mass is 35.5. The number of hydrogen-bond acceptors (Lipinski definition) is 3. The third-order valence-electron chi connectivity index (χ3n) is 6.59. The fourth-order valence-electron chi connectivity index (χ4n) is 4.88. The predicted molar refractivity (Wildman–Crippen MR) is 117 cm³/mol. The van der Waals surface area contributed by atoms with Crippen LogP contribution in [-0.4, -0.2) is 34.4 Å². The number of H-pyrrole nitrogens is 1. The van der Waals surface area contributed by atoms with Gasteiger partial charge in [-0.3, -0.25) is 14.6 Å². The minimum atomic E-state index is -0.314. The molecule has 1 spiro atoms. The molecule has 154 valence electrons. The number of pyridine rings is 1. The van der Waals surface area contributed by atoms with E-state index in [2.05, 4.69) is 15.3 Å². The smallest absolute Gasteiger partial charge is 0.255 e. The number of benzene rings is 1. The number of nitrogens with zero attached hydrogens (tertiary/aromatic N) is 2. The largest absolute Gasteiger partial charge is 0.359 e. The molecule has 3 aromatic rings. The third-order valence-corrected chi connectivity index (χ3v) is 6.83. The highest BCUT2D eigenvalue weighted by Gasteiger charge is 2.48. The van der Waals surface area contributed by atoms with E-state index in [9.17, 15) is 9.59 Å². The lowest BCUT2D eigenvalue weighted by atomic mass is 9.71. The van der Waals surface area contributed by atoms with Gasteiger partial charge in [0, 0.05) is 35.7 Å². The van der Waals surface area contributed by atoms with Gasteiger partial charge in [-0.1, -0.05) is 17.7 Å². The van der Waals surface area contributed by atoms with Crippen LogP contribution in [0.2, 0.25) is 5.02 Å². The number of aromatic nitrogens is 2. The lowest BCUT2D eigenvalue weighted by Crippen LogP contribution is -2.43. The van der Waals surface area contributed by atoms with Crippen LogP contribution in [0, 0.1) is 5.41 Å². The van der Waals surface area contributed by atoms with Crippen molar-refractivity contribution in [1.29, 1.82) is 0 Å². The summed E-state index contributed by atoms with van der Waals surface area (Å²) in [6.45, 7) is 0.719. The number of nitrogens with one attached hydrogen (secondary N) is 2. The number of carbonyl (C=O) groups is 2. The van der Waals surface area contributed by atoms with Gasteiger partial charge in [0.05, 0.1) is 16.5 Å². The van der Waals surface area contributed by atoms with E-state index in [4.69, 9.17) is 11.6 Å². The summed E-state index contributed by atoms with van der Waals surface area (Å²) in [5, 5.41) is 3.78. The Bertz CT molecular complexity index is 1120. The van der Waals surface area contributed by atoms with Gasteiger partial charge in [0.1, 0.15) is 5.52 Å². The minimum absolute atomic E-state index is 0.0739.